The molecular weight excluding hydrogens is 331 g/mol. The monoisotopic (exact) mass is 350 g/mol. The minimum atomic E-state index is -0.409. The number of hydrogen-bond acceptors (Lipinski definition) is 2. The molecule has 0 heterocycles. The van der Waals surface area contributed by atoms with E-state index in [0.717, 1.165) is 16.3 Å². The van der Waals surface area contributed by atoms with Crippen molar-refractivity contribution in [1.29, 1.82) is 0 Å². The maximum atomic E-state index is 12.9. The van der Waals surface area contributed by atoms with Crippen LogP contribution in [0.25, 0.3) is 10.8 Å². The van der Waals surface area contributed by atoms with Crippen LogP contribution in [0.15, 0.2) is 66.7 Å². The van der Waals surface area contributed by atoms with E-state index in [1.807, 2.05) is 36.4 Å². The Bertz CT molecular complexity index is 938. The van der Waals surface area contributed by atoms with Crippen molar-refractivity contribution in [2.24, 2.45) is 0 Å². The molecule has 0 radical (unpaired) electrons. The molecule has 3 aromatic carbocycles. The van der Waals surface area contributed by atoms with Gasteiger partial charge >= 0.3 is 0 Å². The van der Waals surface area contributed by atoms with Gasteiger partial charge in [0.25, 0.3) is 5.91 Å². The minimum absolute atomic E-state index is 0.111. The Morgan fingerprint density at radius 2 is 1.65 bits per heavy atom. The zero-order valence-electron chi connectivity index (χ0n) is 14.4. The molecule has 0 spiro atoms. The highest BCUT2D eigenvalue weighted by Crippen LogP contribution is 2.16. The minimum Gasteiger partial charge on any atom is -0.343 e. The van der Waals surface area contributed by atoms with Gasteiger partial charge in [0.15, 0.2) is 0 Å². The summed E-state index contributed by atoms with van der Waals surface area (Å²) in [6.45, 7) is 0.344. The second-order valence-electron chi connectivity index (χ2n) is 6.12. The smallest absolute Gasteiger partial charge is 0.251 e. The molecule has 0 aliphatic rings. The van der Waals surface area contributed by atoms with Crippen LogP contribution in [0, 0.1) is 5.82 Å². The van der Waals surface area contributed by atoms with Gasteiger partial charge in [-0.2, -0.15) is 0 Å². The molecule has 3 rings (SSSR count). The van der Waals surface area contributed by atoms with E-state index in [9.17, 15) is 14.0 Å². The third-order valence-corrected chi connectivity index (χ3v) is 4.17. The average Bonchev–Trinajstić information content (AvgIpc) is 2.66. The standard InChI is InChI=1S/C21H19FN2O2/c1-24(14-15-6-7-16-4-2-3-5-18(16)12-15)20(25)13-23-21(26)17-8-10-19(22)11-9-17/h2-12H,13-14H2,1H3,(H,23,26). The Hall–Kier alpha value is -3.21. The summed E-state index contributed by atoms with van der Waals surface area (Å²) in [6, 6.07) is 19.3. The average molecular weight is 350 g/mol. The molecule has 0 atom stereocenters. The van der Waals surface area contributed by atoms with Gasteiger partial charge in [0, 0.05) is 19.2 Å². The largest absolute Gasteiger partial charge is 0.343 e. The Morgan fingerprint density at radius 1 is 0.962 bits per heavy atom. The highest BCUT2D eigenvalue weighted by atomic mass is 19.1. The summed E-state index contributed by atoms with van der Waals surface area (Å²) in [4.78, 5) is 25.8. The van der Waals surface area contributed by atoms with Gasteiger partial charge in [-0.15, -0.1) is 0 Å². The highest BCUT2D eigenvalue weighted by Gasteiger charge is 2.12. The summed E-state index contributed by atoms with van der Waals surface area (Å²) < 4.78 is 12.9. The zero-order valence-corrected chi connectivity index (χ0v) is 14.4. The molecule has 0 saturated heterocycles. The van der Waals surface area contributed by atoms with Crippen LogP contribution in [-0.2, 0) is 11.3 Å². The summed E-state index contributed by atoms with van der Waals surface area (Å²) in [5.74, 6) is -1.01. The number of halogens is 1. The number of fused-ring (bicyclic) bond motifs is 1. The van der Waals surface area contributed by atoms with E-state index in [1.165, 1.54) is 24.3 Å². The highest BCUT2D eigenvalue weighted by molar-refractivity contribution is 5.96. The SMILES string of the molecule is CN(Cc1ccc2ccccc2c1)C(=O)CNC(=O)c1ccc(F)cc1. The first-order valence-corrected chi connectivity index (χ1v) is 8.28. The van der Waals surface area contributed by atoms with E-state index < -0.39 is 11.7 Å². The first-order valence-electron chi connectivity index (χ1n) is 8.28. The zero-order chi connectivity index (χ0) is 18.5. The van der Waals surface area contributed by atoms with Gasteiger partial charge in [-0.05, 0) is 46.7 Å². The van der Waals surface area contributed by atoms with Crippen molar-refractivity contribution in [3.8, 4) is 0 Å². The molecular formula is C21H19FN2O2. The normalized spacial score (nSPS) is 10.5. The quantitative estimate of drug-likeness (QED) is 0.767. The van der Waals surface area contributed by atoms with Crippen LogP contribution in [0.1, 0.15) is 15.9 Å². The predicted octanol–water partition coefficient (Wildman–Crippen LogP) is 3.37. The summed E-state index contributed by atoms with van der Waals surface area (Å²) >= 11 is 0. The molecule has 4 nitrogen and oxygen atoms in total. The second-order valence-corrected chi connectivity index (χ2v) is 6.12. The number of carbonyl (C=O) groups is 2. The fraction of sp³-hybridized carbons (Fsp3) is 0.143. The van der Waals surface area contributed by atoms with Crippen molar-refractivity contribution in [2.45, 2.75) is 6.54 Å². The van der Waals surface area contributed by atoms with Gasteiger partial charge in [0.1, 0.15) is 5.82 Å². The lowest BCUT2D eigenvalue weighted by Gasteiger charge is -2.18. The third kappa shape index (κ3) is 4.25. The Labute approximate surface area is 151 Å². The molecule has 0 unspecified atom stereocenters. The lowest BCUT2D eigenvalue weighted by atomic mass is 10.1. The number of amides is 2. The Balaban J connectivity index is 1.56. The molecule has 0 aromatic heterocycles. The summed E-state index contributed by atoms with van der Waals surface area (Å²) in [5.41, 5.74) is 1.33. The van der Waals surface area contributed by atoms with Crippen molar-refractivity contribution in [3.05, 3.63) is 83.7 Å². The lowest BCUT2D eigenvalue weighted by Crippen LogP contribution is -2.37. The molecule has 0 fully saturated rings. The number of carbonyl (C=O) groups excluding carboxylic acids is 2. The fourth-order valence-corrected chi connectivity index (χ4v) is 2.69. The van der Waals surface area contributed by atoms with Crippen molar-refractivity contribution in [3.63, 3.8) is 0 Å². The molecule has 3 aromatic rings. The Kier molecular flexibility index (Phi) is 5.27. The predicted molar refractivity (Wildman–Crippen MR) is 99.2 cm³/mol. The van der Waals surface area contributed by atoms with Crippen molar-refractivity contribution in [1.82, 2.24) is 10.2 Å². The molecule has 26 heavy (non-hydrogen) atoms. The van der Waals surface area contributed by atoms with E-state index in [0.29, 0.717) is 12.1 Å². The van der Waals surface area contributed by atoms with E-state index in [-0.39, 0.29) is 12.5 Å². The number of benzene rings is 3. The van der Waals surface area contributed by atoms with Crippen LogP contribution in [0.3, 0.4) is 0 Å². The van der Waals surface area contributed by atoms with Crippen LogP contribution in [0.4, 0.5) is 4.39 Å². The van der Waals surface area contributed by atoms with Gasteiger partial charge in [-0.3, -0.25) is 9.59 Å². The van der Waals surface area contributed by atoms with Crippen molar-refractivity contribution in [2.75, 3.05) is 13.6 Å². The van der Waals surface area contributed by atoms with E-state index in [1.54, 1.807) is 11.9 Å². The van der Waals surface area contributed by atoms with Crippen molar-refractivity contribution < 1.29 is 14.0 Å². The van der Waals surface area contributed by atoms with Gasteiger partial charge in [0.2, 0.25) is 5.91 Å². The van der Waals surface area contributed by atoms with Gasteiger partial charge < -0.3 is 10.2 Å². The number of likely N-dealkylation sites (N-methyl/N-ethyl adjacent to an activating group) is 1. The maximum absolute atomic E-state index is 12.9. The van der Waals surface area contributed by atoms with Crippen LogP contribution in [0.5, 0.6) is 0 Å². The van der Waals surface area contributed by atoms with E-state index >= 15 is 0 Å². The molecule has 132 valence electrons. The summed E-state index contributed by atoms with van der Waals surface area (Å²) in [7, 11) is 1.70. The van der Waals surface area contributed by atoms with Crippen LogP contribution in [0.2, 0.25) is 0 Å². The number of hydrogen-bond donors (Lipinski definition) is 1. The third-order valence-electron chi connectivity index (χ3n) is 4.17. The molecule has 0 saturated carbocycles. The first kappa shape index (κ1) is 17.6. The van der Waals surface area contributed by atoms with Crippen LogP contribution < -0.4 is 5.32 Å². The van der Waals surface area contributed by atoms with Gasteiger partial charge in [0.05, 0.1) is 6.54 Å². The van der Waals surface area contributed by atoms with Crippen LogP contribution >= 0.6 is 0 Å². The van der Waals surface area contributed by atoms with Crippen molar-refractivity contribution >= 4 is 22.6 Å². The summed E-state index contributed by atoms with van der Waals surface area (Å²) in [5, 5.41) is 4.83. The molecule has 0 aliphatic carbocycles. The van der Waals surface area contributed by atoms with E-state index in [4.69, 9.17) is 0 Å². The van der Waals surface area contributed by atoms with E-state index in [2.05, 4.69) is 11.4 Å². The number of nitrogens with one attached hydrogen (secondary N) is 1. The second kappa shape index (κ2) is 7.78. The molecule has 0 bridgehead atoms. The first-order chi connectivity index (χ1) is 12.5. The molecule has 1 N–H and O–H groups in total. The summed E-state index contributed by atoms with van der Waals surface area (Å²) in [6.07, 6.45) is 0. The Morgan fingerprint density at radius 3 is 2.38 bits per heavy atom. The van der Waals surface area contributed by atoms with Gasteiger partial charge in [-0.25, -0.2) is 4.39 Å². The van der Waals surface area contributed by atoms with Gasteiger partial charge in [-0.1, -0.05) is 36.4 Å². The molecule has 2 amide bonds. The maximum Gasteiger partial charge on any atom is 0.251 e. The molecule has 5 heteroatoms. The molecule has 0 aliphatic heterocycles. The fourth-order valence-electron chi connectivity index (χ4n) is 2.69. The topological polar surface area (TPSA) is 49.4 Å². The van der Waals surface area contributed by atoms with Crippen LogP contribution in [-0.4, -0.2) is 30.3 Å². The number of nitrogens with zero attached hydrogens (tertiary/aromatic N) is 1. The lowest BCUT2D eigenvalue weighted by molar-refractivity contribution is -0.129. The number of rotatable bonds is 5.